The van der Waals surface area contributed by atoms with E-state index in [-0.39, 0.29) is 24.5 Å². The minimum absolute atomic E-state index is 0.00540. The predicted octanol–water partition coefficient (Wildman–Crippen LogP) is 2.20. The summed E-state index contributed by atoms with van der Waals surface area (Å²) in [6, 6.07) is 14.5. The second kappa shape index (κ2) is 6.54. The van der Waals surface area contributed by atoms with Gasteiger partial charge in [0.15, 0.2) is 0 Å². The number of amides is 1. The van der Waals surface area contributed by atoms with Crippen molar-refractivity contribution in [3.8, 4) is 5.75 Å². The Kier molecular flexibility index (Phi) is 4.29. The Labute approximate surface area is 137 Å². The smallest absolute Gasteiger partial charge is 0.251 e. The number of hydrogen-bond donors (Lipinski definition) is 1. The van der Waals surface area contributed by atoms with Crippen molar-refractivity contribution in [2.45, 2.75) is 13.2 Å². The van der Waals surface area contributed by atoms with Crippen molar-refractivity contribution in [3.63, 3.8) is 0 Å². The van der Waals surface area contributed by atoms with Crippen molar-refractivity contribution >= 4 is 16.8 Å². The van der Waals surface area contributed by atoms with Crippen LogP contribution in [0.3, 0.4) is 0 Å². The lowest BCUT2D eigenvalue weighted by atomic mass is 10.2. The number of nitrogens with zero attached hydrogens (tertiary/aromatic N) is 1. The van der Waals surface area contributed by atoms with Crippen molar-refractivity contribution < 1.29 is 13.9 Å². The zero-order chi connectivity index (χ0) is 17.1. The molecule has 0 aliphatic heterocycles. The van der Waals surface area contributed by atoms with Crippen LogP contribution >= 0.6 is 0 Å². The highest BCUT2D eigenvalue weighted by molar-refractivity contribution is 5.86. The van der Waals surface area contributed by atoms with Gasteiger partial charge in [0, 0.05) is 17.0 Å². The molecule has 3 aromatic rings. The van der Waals surface area contributed by atoms with Crippen LogP contribution in [0, 0.1) is 5.82 Å². The SMILES string of the molecule is NC(=O)Cn1c(=O)ccc2cccc(OCc3ccccc3F)c21. The number of ether oxygens (including phenoxy) is 1. The summed E-state index contributed by atoms with van der Waals surface area (Å²) in [5, 5.41) is 0.724. The van der Waals surface area contributed by atoms with Crippen molar-refractivity contribution in [1.82, 2.24) is 4.57 Å². The van der Waals surface area contributed by atoms with Gasteiger partial charge in [0.2, 0.25) is 5.91 Å². The van der Waals surface area contributed by atoms with Crippen LogP contribution in [-0.4, -0.2) is 10.5 Å². The predicted molar refractivity (Wildman–Crippen MR) is 88.1 cm³/mol. The minimum atomic E-state index is -0.631. The summed E-state index contributed by atoms with van der Waals surface area (Å²) in [6.07, 6.45) is 0. The van der Waals surface area contributed by atoms with Crippen molar-refractivity contribution in [1.29, 1.82) is 0 Å². The zero-order valence-electron chi connectivity index (χ0n) is 12.7. The molecular weight excluding hydrogens is 311 g/mol. The van der Waals surface area contributed by atoms with Crippen LogP contribution in [0.5, 0.6) is 5.75 Å². The highest BCUT2D eigenvalue weighted by Gasteiger charge is 2.11. The fraction of sp³-hybridized carbons (Fsp3) is 0.111. The molecule has 2 aromatic carbocycles. The first-order chi connectivity index (χ1) is 11.6. The second-order valence-corrected chi connectivity index (χ2v) is 5.30. The first-order valence-corrected chi connectivity index (χ1v) is 7.33. The van der Waals surface area contributed by atoms with E-state index in [1.165, 1.54) is 16.7 Å². The lowest BCUT2D eigenvalue weighted by molar-refractivity contribution is -0.118. The molecule has 1 heterocycles. The van der Waals surface area contributed by atoms with Gasteiger partial charge in [-0.1, -0.05) is 30.3 Å². The highest BCUT2D eigenvalue weighted by Crippen LogP contribution is 2.25. The van der Waals surface area contributed by atoms with Gasteiger partial charge in [-0.05, 0) is 18.2 Å². The van der Waals surface area contributed by atoms with Crippen LogP contribution < -0.4 is 16.0 Å². The summed E-state index contributed by atoms with van der Waals surface area (Å²) < 4.78 is 20.7. The number of aromatic nitrogens is 1. The van der Waals surface area contributed by atoms with E-state index in [0.29, 0.717) is 16.8 Å². The molecule has 0 aliphatic carbocycles. The molecule has 3 rings (SSSR count). The minimum Gasteiger partial charge on any atom is -0.487 e. The molecule has 24 heavy (non-hydrogen) atoms. The number of carbonyl (C=O) groups excluding carboxylic acids is 1. The standard InChI is InChI=1S/C18H15FN2O3/c19-14-6-2-1-4-13(14)11-24-15-7-3-5-12-8-9-17(23)21(18(12)15)10-16(20)22/h1-9H,10-11H2,(H2,20,22). The van der Waals surface area contributed by atoms with E-state index in [2.05, 4.69) is 0 Å². The number of nitrogens with two attached hydrogens (primary N) is 1. The number of rotatable bonds is 5. The van der Waals surface area contributed by atoms with Crippen LogP contribution in [0.15, 0.2) is 59.4 Å². The Hall–Kier alpha value is -3.15. The third kappa shape index (κ3) is 3.12. The number of halogens is 1. The molecule has 6 heteroatoms. The summed E-state index contributed by atoms with van der Waals surface area (Å²) in [5.74, 6) is -0.615. The summed E-state index contributed by atoms with van der Waals surface area (Å²) in [7, 11) is 0. The third-order valence-corrected chi connectivity index (χ3v) is 3.63. The number of carbonyl (C=O) groups is 1. The maximum absolute atomic E-state index is 13.7. The molecule has 0 spiro atoms. The maximum atomic E-state index is 13.7. The third-order valence-electron chi connectivity index (χ3n) is 3.63. The van der Waals surface area contributed by atoms with Crippen LogP contribution in [0.4, 0.5) is 4.39 Å². The van der Waals surface area contributed by atoms with Gasteiger partial charge in [-0.15, -0.1) is 0 Å². The maximum Gasteiger partial charge on any atom is 0.251 e. The van der Waals surface area contributed by atoms with E-state index in [0.717, 1.165) is 5.39 Å². The fourth-order valence-corrected chi connectivity index (χ4v) is 2.52. The summed E-state index contributed by atoms with van der Waals surface area (Å²) in [6.45, 7) is -0.248. The first-order valence-electron chi connectivity index (χ1n) is 7.33. The van der Waals surface area contributed by atoms with Gasteiger partial charge in [-0.3, -0.25) is 14.2 Å². The Balaban J connectivity index is 2.04. The Bertz CT molecular complexity index is 966. The molecule has 0 radical (unpaired) electrons. The van der Waals surface area contributed by atoms with Gasteiger partial charge < -0.3 is 10.5 Å². The van der Waals surface area contributed by atoms with Crippen LogP contribution in [0.2, 0.25) is 0 Å². The molecule has 0 saturated carbocycles. The van der Waals surface area contributed by atoms with Gasteiger partial charge in [-0.2, -0.15) is 0 Å². The number of benzene rings is 2. The van der Waals surface area contributed by atoms with E-state index < -0.39 is 5.91 Å². The number of para-hydroxylation sites is 1. The van der Waals surface area contributed by atoms with E-state index in [4.69, 9.17) is 10.5 Å². The molecule has 2 N–H and O–H groups in total. The van der Waals surface area contributed by atoms with Crippen molar-refractivity contribution in [3.05, 3.63) is 76.3 Å². The fourth-order valence-electron chi connectivity index (χ4n) is 2.52. The van der Waals surface area contributed by atoms with Gasteiger partial charge in [0.1, 0.15) is 24.7 Å². The number of primary amides is 1. The Morgan fingerprint density at radius 1 is 1.08 bits per heavy atom. The van der Waals surface area contributed by atoms with Crippen LogP contribution in [0.1, 0.15) is 5.56 Å². The molecule has 1 aromatic heterocycles. The van der Waals surface area contributed by atoms with E-state index in [9.17, 15) is 14.0 Å². The number of pyridine rings is 1. The van der Waals surface area contributed by atoms with Crippen LogP contribution in [0.25, 0.3) is 10.9 Å². The van der Waals surface area contributed by atoms with Gasteiger partial charge >= 0.3 is 0 Å². The Morgan fingerprint density at radius 2 is 1.88 bits per heavy atom. The largest absolute Gasteiger partial charge is 0.487 e. The average Bonchev–Trinajstić information content (AvgIpc) is 2.56. The van der Waals surface area contributed by atoms with E-state index in [1.807, 2.05) is 0 Å². The van der Waals surface area contributed by atoms with Gasteiger partial charge in [0.25, 0.3) is 5.56 Å². The average molecular weight is 326 g/mol. The molecule has 1 amide bonds. The Morgan fingerprint density at radius 3 is 2.62 bits per heavy atom. The highest BCUT2D eigenvalue weighted by atomic mass is 19.1. The first kappa shape index (κ1) is 15.7. The van der Waals surface area contributed by atoms with Gasteiger partial charge in [0.05, 0.1) is 5.52 Å². The molecule has 0 aliphatic rings. The summed E-state index contributed by atoms with van der Waals surface area (Å²) in [4.78, 5) is 23.4. The molecule has 0 fully saturated rings. The normalized spacial score (nSPS) is 10.7. The van der Waals surface area contributed by atoms with Gasteiger partial charge in [-0.25, -0.2) is 4.39 Å². The quantitative estimate of drug-likeness (QED) is 0.781. The number of fused-ring (bicyclic) bond motifs is 1. The summed E-state index contributed by atoms with van der Waals surface area (Å²) >= 11 is 0. The number of hydrogen-bond acceptors (Lipinski definition) is 3. The molecule has 0 saturated heterocycles. The lowest BCUT2D eigenvalue weighted by Gasteiger charge is -2.14. The van der Waals surface area contributed by atoms with Crippen molar-refractivity contribution in [2.24, 2.45) is 5.73 Å². The molecule has 0 unspecified atom stereocenters. The van der Waals surface area contributed by atoms with E-state index >= 15 is 0 Å². The zero-order valence-corrected chi connectivity index (χ0v) is 12.7. The van der Waals surface area contributed by atoms with Crippen LogP contribution in [-0.2, 0) is 17.9 Å². The van der Waals surface area contributed by atoms with Crippen molar-refractivity contribution in [2.75, 3.05) is 0 Å². The summed E-state index contributed by atoms with van der Waals surface area (Å²) in [5.41, 5.74) is 5.73. The molecular formula is C18H15FN2O3. The second-order valence-electron chi connectivity index (χ2n) is 5.30. The molecule has 5 nitrogen and oxygen atoms in total. The molecule has 0 bridgehead atoms. The topological polar surface area (TPSA) is 74.3 Å². The monoisotopic (exact) mass is 326 g/mol. The lowest BCUT2D eigenvalue weighted by Crippen LogP contribution is -2.27. The molecule has 122 valence electrons. The van der Waals surface area contributed by atoms with E-state index in [1.54, 1.807) is 42.5 Å². The molecule has 0 atom stereocenters.